The second kappa shape index (κ2) is 6.45. The first-order chi connectivity index (χ1) is 9.85. The van der Waals surface area contributed by atoms with Crippen molar-refractivity contribution in [2.24, 2.45) is 0 Å². The number of hydrogen-bond donors (Lipinski definition) is 3. The summed E-state index contributed by atoms with van der Waals surface area (Å²) >= 11 is 0. The summed E-state index contributed by atoms with van der Waals surface area (Å²) in [7, 11) is 0. The maximum Gasteiger partial charge on any atom is 0.224 e. The van der Waals surface area contributed by atoms with Gasteiger partial charge in [0.15, 0.2) is 0 Å². The highest BCUT2D eigenvalue weighted by atomic mass is 16.5. The summed E-state index contributed by atoms with van der Waals surface area (Å²) in [6.07, 6.45) is 0.646. The van der Waals surface area contributed by atoms with E-state index in [2.05, 4.69) is 31.4 Å². The number of amides is 1. The van der Waals surface area contributed by atoms with Crippen LogP contribution in [0.3, 0.4) is 0 Å². The van der Waals surface area contributed by atoms with Crippen LogP contribution in [-0.4, -0.2) is 35.8 Å². The number of ether oxygens (including phenoxy) is 1. The Labute approximate surface area is 125 Å². The third-order valence-corrected chi connectivity index (χ3v) is 3.44. The number of hydrogen-bond acceptors (Lipinski definition) is 3. The van der Waals surface area contributed by atoms with E-state index >= 15 is 0 Å². The van der Waals surface area contributed by atoms with Crippen molar-refractivity contribution in [3.8, 4) is 5.75 Å². The van der Waals surface area contributed by atoms with Crippen molar-refractivity contribution in [1.29, 1.82) is 0 Å². The second-order valence-corrected chi connectivity index (χ2v) is 6.60. The molecule has 4 N–H and O–H groups in total. The molecule has 1 unspecified atom stereocenters. The fourth-order valence-electron chi connectivity index (χ4n) is 2.27. The quantitative estimate of drug-likeness (QED) is 0.747. The molecule has 116 valence electrons. The maximum absolute atomic E-state index is 11.4. The van der Waals surface area contributed by atoms with Crippen molar-refractivity contribution in [3.63, 3.8) is 0 Å². The normalized spacial score (nSPS) is 16.1. The van der Waals surface area contributed by atoms with Crippen LogP contribution in [0.2, 0.25) is 0 Å². The molecule has 0 aliphatic carbocycles. The van der Waals surface area contributed by atoms with Gasteiger partial charge >= 0.3 is 0 Å². The molecule has 0 saturated heterocycles. The number of rotatable bonds is 5. The SMILES string of the molecule is CC(C)(C)[NH2+]CC(O)COc1cccc2c1CCC(=O)N2. The van der Waals surface area contributed by atoms with E-state index < -0.39 is 6.10 Å². The van der Waals surface area contributed by atoms with E-state index in [9.17, 15) is 9.90 Å². The van der Waals surface area contributed by atoms with Crippen molar-refractivity contribution >= 4 is 11.6 Å². The van der Waals surface area contributed by atoms with Gasteiger partial charge in [-0.2, -0.15) is 0 Å². The van der Waals surface area contributed by atoms with Gasteiger partial charge < -0.3 is 20.5 Å². The van der Waals surface area contributed by atoms with Gasteiger partial charge in [-0.25, -0.2) is 0 Å². The van der Waals surface area contributed by atoms with Crippen LogP contribution in [0.15, 0.2) is 18.2 Å². The van der Waals surface area contributed by atoms with E-state index in [1.54, 1.807) is 0 Å². The number of benzene rings is 1. The minimum atomic E-state index is -0.515. The highest BCUT2D eigenvalue weighted by molar-refractivity contribution is 5.94. The zero-order chi connectivity index (χ0) is 15.5. The maximum atomic E-state index is 11.4. The molecular formula is C16H25N2O3+. The van der Waals surface area contributed by atoms with Crippen molar-refractivity contribution in [2.75, 3.05) is 18.5 Å². The second-order valence-electron chi connectivity index (χ2n) is 6.60. The van der Waals surface area contributed by atoms with Gasteiger partial charge in [0.1, 0.15) is 25.0 Å². The molecule has 1 amide bonds. The Hall–Kier alpha value is -1.59. The fraction of sp³-hybridized carbons (Fsp3) is 0.562. The summed E-state index contributed by atoms with van der Waals surface area (Å²) in [6, 6.07) is 5.62. The average Bonchev–Trinajstić information content (AvgIpc) is 2.41. The van der Waals surface area contributed by atoms with E-state index in [4.69, 9.17) is 4.74 Å². The predicted octanol–water partition coefficient (Wildman–Crippen LogP) is 0.673. The molecule has 5 nitrogen and oxygen atoms in total. The Balaban J connectivity index is 1.92. The van der Waals surface area contributed by atoms with E-state index in [0.717, 1.165) is 17.0 Å². The minimum absolute atomic E-state index is 0.0412. The van der Waals surface area contributed by atoms with Gasteiger partial charge in [-0.3, -0.25) is 4.79 Å². The van der Waals surface area contributed by atoms with Crippen molar-refractivity contribution in [2.45, 2.75) is 45.3 Å². The van der Waals surface area contributed by atoms with Gasteiger partial charge in [-0.1, -0.05) is 6.07 Å². The average molecular weight is 293 g/mol. The van der Waals surface area contributed by atoms with Gasteiger partial charge in [0.25, 0.3) is 0 Å². The largest absolute Gasteiger partial charge is 0.490 e. The van der Waals surface area contributed by atoms with Gasteiger partial charge in [0.05, 0.1) is 5.54 Å². The number of carbonyl (C=O) groups excluding carboxylic acids is 1. The molecule has 0 fully saturated rings. The first-order valence-corrected chi connectivity index (χ1v) is 7.42. The van der Waals surface area contributed by atoms with E-state index in [1.165, 1.54) is 0 Å². The lowest BCUT2D eigenvalue weighted by molar-refractivity contribution is -0.722. The summed E-state index contributed by atoms with van der Waals surface area (Å²) in [6.45, 7) is 7.19. The van der Waals surface area contributed by atoms with Gasteiger partial charge in [0.2, 0.25) is 5.91 Å². The van der Waals surface area contributed by atoms with E-state index in [0.29, 0.717) is 19.4 Å². The van der Waals surface area contributed by atoms with Crippen LogP contribution >= 0.6 is 0 Å². The van der Waals surface area contributed by atoms with Gasteiger partial charge in [0, 0.05) is 17.7 Å². The number of anilines is 1. The van der Waals surface area contributed by atoms with Crippen LogP contribution in [0.1, 0.15) is 32.8 Å². The molecule has 0 spiro atoms. The predicted molar refractivity (Wildman–Crippen MR) is 81.4 cm³/mol. The third-order valence-electron chi connectivity index (χ3n) is 3.44. The van der Waals surface area contributed by atoms with Crippen molar-refractivity contribution < 1.29 is 20.0 Å². The molecule has 0 bridgehead atoms. The smallest absolute Gasteiger partial charge is 0.224 e. The number of nitrogens with two attached hydrogens (primary N) is 1. The number of quaternary nitrogens is 1. The molecule has 1 aliphatic rings. The first-order valence-electron chi connectivity index (χ1n) is 7.42. The molecule has 21 heavy (non-hydrogen) atoms. The molecule has 0 aromatic heterocycles. The summed E-state index contributed by atoms with van der Waals surface area (Å²) in [4.78, 5) is 11.4. The fourth-order valence-corrected chi connectivity index (χ4v) is 2.27. The standard InChI is InChI=1S/C16H24N2O3/c1-16(2,3)17-9-11(19)10-21-14-6-4-5-13-12(14)7-8-15(20)18-13/h4-6,11,17,19H,7-10H2,1-3H3,(H,18,20)/p+1. The van der Waals surface area contributed by atoms with E-state index in [-0.39, 0.29) is 18.1 Å². The minimum Gasteiger partial charge on any atom is -0.490 e. The Morgan fingerprint density at radius 3 is 2.86 bits per heavy atom. The monoisotopic (exact) mass is 293 g/mol. The lowest BCUT2D eigenvalue weighted by Crippen LogP contribution is -2.96. The Morgan fingerprint density at radius 1 is 1.38 bits per heavy atom. The topological polar surface area (TPSA) is 75.2 Å². The van der Waals surface area contributed by atoms with Crippen LogP contribution in [0.4, 0.5) is 5.69 Å². The molecule has 1 heterocycles. The summed E-state index contributed by atoms with van der Waals surface area (Å²) in [5.74, 6) is 0.793. The molecular weight excluding hydrogens is 268 g/mol. The Morgan fingerprint density at radius 2 is 2.14 bits per heavy atom. The molecule has 0 saturated carbocycles. The van der Waals surface area contributed by atoms with Crippen LogP contribution in [0.5, 0.6) is 5.75 Å². The Bertz CT molecular complexity index is 509. The lowest BCUT2D eigenvalue weighted by atomic mass is 10.0. The lowest BCUT2D eigenvalue weighted by Gasteiger charge is -2.22. The molecule has 5 heteroatoms. The molecule has 1 atom stereocenters. The number of aliphatic hydroxyl groups is 1. The number of fused-ring (bicyclic) bond motifs is 1. The van der Waals surface area contributed by atoms with Gasteiger partial charge in [-0.15, -0.1) is 0 Å². The zero-order valence-electron chi connectivity index (χ0n) is 13.0. The van der Waals surface area contributed by atoms with Crippen molar-refractivity contribution in [1.82, 2.24) is 0 Å². The molecule has 2 rings (SSSR count). The third kappa shape index (κ3) is 4.72. The van der Waals surface area contributed by atoms with Crippen LogP contribution in [0.25, 0.3) is 0 Å². The summed E-state index contributed by atoms with van der Waals surface area (Å²) in [5.41, 5.74) is 1.93. The van der Waals surface area contributed by atoms with Crippen molar-refractivity contribution in [3.05, 3.63) is 23.8 Å². The molecule has 1 aromatic rings. The number of carbonyl (C=O) groups is 1. The Kier molecular flexibility index (Phi) is 4.85. The molecule has 1 aromatic carbocycles. The molecule has 1 aliphatic heterocycles. The number of nitrogens with one attached hydrogen (secondary N) is 1. The van der Waals surface area contributed by atoms with Crippen LogP contribution < -0.4 is 15.4 Å². The van der Waals surface area contributed by atoms with Crippen LogP contribution in [0, 0.1) is 0 Å². The zero-order valence-corrected chi connectivity index (χ0v) is 13.0. The van der Waals surface area contributed by atoms with E-state index in [1.807, 2.05) is 18.2 Å². The summed E-state index contributed by atoms with van der Waals surface area (Å²) in [5, 5.41) is 14.9. The van der Waals surface area contributed by atoms with Gasteiger partial charge in [-0.05, 0) is 39.3 Å². The number of aliphatic hydroxyl groups excluding tert-OH is 1. The highest BCUT2D eigenvalue weighted by Gasteiger charge is 2.20. The first kappa shape index (κ1) is 15.8. The summed E-state index contributed by atoms with van der Waals surface area (Å²) < 4.78 is 5.75. The molecule has 0 radical (unpaired) electrons. The highest BCUT2D eigenvalue weighted by Crippen LogP contribution is 2.30. The van der Waals surface area contributed by atoms with Crippen LogP contribution in [-0.2, 0) is 11.2 Å².